The molecule has 1 atom stereocenters. The van der Waals surface area contributed by atoms with E-state index < -0.39 is 6.10 Å². The van der Waals surface area contributed by atoms with Gasteiger partial charge in [0, 0.05) is 13.2 Å². The Labute approximate surface area is 136 Å². The second kappa shape index (κ2) is 11.0. The van der Waals surface area contributed by atoms with E-state index in [1.54, 1.807) is 0 Å². The van der Waals surface area contributed by atoms with Gasteiger partial charge in [-0.3, -0.25) is 0 Å². The van der Waals surface area contributed by atoms with Crippen molar-refractivity contribution in [2.45, 2.75) is 39.3 Å². The van der Waals surface area contributed by atoms with Crippen molar-refractivity contribution in [1.82, 2.24) is 5.32 Å². The van der Waals surface area contributed by atoms with E-state index in [2.05, 4.69) is 35.1 Å². The molecule has 1 rings (SSSR count). The van der Waals surface area contributed by atoms with Crippen molar-refractivity contribution >= 4 is 15.9 Å². The van der Waals surface area contributed by atoms with Crippen LogP contribution in [0.25, 0.3) is 0 Å². The third kappa shape index (κ3) is 7.81. The number of nitrogens with one attached hydrogen (secondary N) is 1. The van der Waals surface area contributed by atoms with Gasteiger partial charge in [-0.15, -0.1) is 0 Å². The van der Waals surface area contributed by atoms with E-state index in [1.165, 1.54) is 5.56 Å². The first kappa shape index (κ1) is 18.4. The van der Waals surface area contributed by atoms with Gasteiger partial charge in [0.2, 0.25) is 0 Å². The quantitative estimate of drug-likeness (QED) is 0.596. The van der Waals surface area contributed by atoms with Crippen LogP contribution in [-0.4, -0.2) is 37.6 Å². The molecule has 120 valence electrons. The zero-order valence-electron chi connectivity index (χ0n) is 12.9. The van der Waals surface area contributed by atoms with Gasteiger partial charge in [-0.25, -0.2) is 0 Å². The van der Waals surface area contributed by atoms with E-state index in [0.717, 1.165) is 36.2 Å². The normalized spacial score (nSPS) is 12.4. The molecular weight excluding hydrogens is 334 g/mol. The molecule has 5 heteroatoms. The average Bonchev–Trinajstić information content (AvgIpc) is 2.48. The third-order valence-electron chi connectivity index (χ3n) is 2.96. The van der Waals surface area contributed by atoms with Crippen molar-refractivity contribution in [2.24, 2.45) is 0 Å². The molecule has 0 aliphatic carbocycles. The molecule has 0 fully saturated rings. The maximum atomic E-state index is 9.80. The third-order valence-corrected chi connectivity index (χ3v) is 3.58. The first-order valence-electron chi connectivity index (χ1n) is 7.55. The lowest BCUT2D eigenvalue weighted by atomic mass is 10.2. The zero-order chi connectivity index (χ0) is 15.5. The molecule has 1 aromatic rings. The summed E-state index contributed by atoms with van der Waals surface area (Å²) in [4.78, 5) is 0. The number of hydrogen-bond acceptors (Lipinski definition) is 4. The summed E-state index contributed by atoms with van der Waals surface area (Å²) in [5.74, 6) is 0.739. The van der Waals surface area contributed by atoms with Gasteiger partial charge in [-0.1, -0.05) is 26.3 Å². The van der Waals surface area contributed by atoms with Gasteiger partial charge in [0.15, 0.2) is 0 Å². The minimum absolute atomic E-state index is 0.233. The lowest BCUT2D eigenvalue weighted by Gasteiger charge is -2.14. The highest BCUT2D eigenvalue weighted by atomic mass is 79.9. The van der Waals surface area contributed by atoms with Crippen LogP contribution in [0.2, 0.25) is 0 Å². The molecular formula is C16H26BrNO3. The number of ether oxygens (including phenoxy) is 2. The molecule has 21 heavy (non-hydrogen) atoms. The monoisotopic (exact) mass is 359 g/mol. The van der Waals surface area contributed by atoms with E-state index in [9.17, 15) is 5.11 Å². The van der Waals surface area contributed by atoms with Gasteiger partial charge in [-0.05, 0) is 46.6 Å². The summed E-state index contributed by atoms with van der Waals surface area (Å²) in [6.07, 6.45) is 1.51. The van der Waals surface area contributed by atoms with Crippen LogP contribution in [0.1, 0.15) is 32.3 Å². The summed E-state index contributed by atoms with van der Waals surface area (Å²) in [5, 5.41) is 13.1. The maximum absolute atomic E-state index is 9.80. The number of halogens is 1. The summed E-state index contributed by atoms with van der Waals surface area (Å²) in [7, 11) is 0. The Morgan fingerprint density at radius 2 is 2.10 bits per heavy atom. The van der Waals surface area contributed by atoms with Crippen molar-refractivity contribution in [2.75, 3.05) is 26.4 Å². The minimum atomic E-state index is -0.602. The topological polar surface area (TPSA) is 50.7 Å². The summed E-state index contributed by atoms with van der Waals surface area (Å²) in [6, 6.07) is 5.97. The average molecular weight is 360 g/mol. The molecule has 0 heterocycles. The van der Waals surface area contributed by atoms with Crippen molar-refractivity contribution in [3.63, 3.8) is 0 Å². The Balaban J connectivity index is 2.34. The lowest BCUT2D eigenvalue weighted by Crippen LogP contribution is -2.23. The summed E-state index contributed by atoms with van der Waals surface area (Å²) < 4.78 is 11.9. The Kier molecular flexibility index (Phi) is 9.67. The second-order valence-corrected chi connectivity index (χ2v) is 5.79. The van der Waals surface area contributed by atoms with Crippen molar-refractivity contribution in [1.29, 1.82) is 0 Å². The zero-order valence-corrected chi connectivity index (χ0v) is 14.5. The maximum Gasteiger partial charge on any atom is 0.133 e. The minimum Gasteiger partial charge on any atom is -0.490 e. The fourth-order valence-electron chi connectivity index (χ4n) is 1.74. The first-order valence-corrected chi connectivity index (χ1v) is 8.34. The van der Waals surface area contributed by atoms with Crippen LogP contribution < -0.4 is 10.1 Å². The summed E-state index contributed by atoms with van der Waals surface area (Å²) in [6.45, 7) is 7.21. The molecule has 0 bridgehead atoms. The van der Waals surface area contributed by atoms with Crippen LogP contribution in [0, 0.1) is 0 Å². The highest BCUT2D eigenvalue weighted by Gasteiger charge is 2.08. The highest BCUT2D eigenvalue weighted by Crippen LogP contribution is 2.26. The Hall–Kier alpha value is -0.620. The van der Waals surface area contributed by atoms with Crippen LogP contribution in [0.3, 0.4) is 0 Å². The van der Waals surface area contributed by atoms with Crippen LogP contribution in [0.4, 0.5) is 0 Å². The molecule has 4 nitrogen and oxygen atoms in total. The molecule has 2 N–H and O–H groups in total. The van der Waals surface area contributed by atoms with E-state index in [-0.39, 0.29) is 6.61 Å². The van der Waals surface area contributed by atoms with Crippen molar-refractivity contribution in [3.05, 3.63) is 28.2 Å². The summed E-state index contributed by atoms with van der Waals surface area (Å²) >= 11 is 3.50. The lowest BCUT2D eigenvalue weighted by molar-refractivity contribution is 0.0112. The van der Waals surface area contributed by atoms with Crippen molar-refractivity contribution in [3.8, 4) is 5.75 Å². The molecule has 0 aliphatic heterocycles. The SMILES string of the molecule is CCCCOCC(O)COc1ccc(CNCC)cc1Br. The Morgan fingerprint density at radius 1 is 1.29 bits per heavy atom. The predicted octanol–water partition coefficient (Wildman–Crippen LogP) is 3.12. The number of aliphatic hydroxyl groups is 1. The molecule has 0 aromatic heterocycles. The van der Waals surface area contributed by atoms with Crippen LogP contribution in [-0.2, 0) is 11.3 Å². The van der Waals surface area contributed by atoms with Gasteiger partial charge in [0.25, 0.3) is 0 Å². The second-order valence-electron chi connectivity index (χ2n) is 4.94. The smallest absolute Gasteiger partial charge is 0.133 e. The molecule has 1 unspecified atom stereocenters. The standard InChI is InChI=1S/C16H26BrNO3/c1-3-5-8-20-11-14(19)12-21-16-7-6-13(9-15(16)17)10-18-4-2/h6-7,9,14,18-19H,3-5,8,10-12H2,1-2H3. The number of unbranched alkanes of at least 4 members (excludes halogenated alkanes) is 1. The van der Waals surface area contributed by atoms with Crippen LogP contribution in [0.15, 0.2) is 22.7 Å². The number of benzene rings is 1. The molecule has 0 saturated heterocycles. The van der Waals surface area contributed by atoms with Gasteiger partial charge in [0.05, 0.1) is 11.1 Å². The van der Waals surface area contributed by atoms with Gasteiger partial charge in [0.1, 0.15) is 18.5 Å². The van der Waals surface area contributed by atoms with E-state index in [0.29, 0.717) is 13.2 Å². The molecule has 0 amide bonds. The fraction of sp³-hybridized carbons (Fsp3) is 0.625. The molecule has 0 saturated carbocycles. The van der Waals surface area contributed by atoms with Gasteiger partial charge in [-0.2, -0.15) is 0 Å². The number of aliphatic hydroxyl groups excluding tert-OH is 1. The molecule has 0 spiro atoms. The molecule has 0 radical (unpaired) electrons. The molecule has 1 aromatic carbocycles. The van der Waals surface area contributed by atoms with Crippen LogP contribution in [0.5, 0.6) is 5.75 Å². The Bertz CT molecular complexity index is 401. The van der Waals surface area contributed by atoms with Gasteiger partial charge < -0.3 is 19.9 Å². The largest absolute Gasteiger partial charge is 0.490 e. The Morgan fingerprint density at radius 3 is 2.76 bits per heavy atom. The predicted molar refractivity (Wildman–Crippen MR) is 88.8 cm³/mol. The number of hydrogen-bond donors (Lipinski definition) is 2. The van der Waals surface area contributed by atoms with E-state index in [1.807, 2.05) is 18.2 Å². The summed E-state index contributed by atoms with van der Waals surface area (Å²) in [5.41, 5.74) is 1.19. The van der Waals surface area contributed by atoms with E-state index in [4.69, 9.17) is 9.47 Å². The van der Waals surface area contributed by atoms with Crippen LogP contribution >= 0.6 is 15.9 Å². The van der Waals surface area contributed by atoms with Crippen molar-refractivity contribution < 1.29 is 14.6 Å². The first-order chi connectivity index (χ1) is 10.2. The highest BCUT2D eigenvalue weighted by molar-refractivity contribution is 9.10. The van der Waals surface area contributed by atoms with E-state index >= 15 is 0 Å². The van der Waals surface area contributed by atoms with Gasteiger partial charge >= 0.3 is 0 Å². The molecule has 0 aliphatic rings. The number of rotatable bonds is 11. The fourth-order valence-corrected chi connectivity index (χ4v) is 2.28.